The van der Waals surface area contributed by atoms with Gasteiger partial charge in [0.05, 0.1) is 11.1 Å². The van der Waals surface area contributed by atoms with E-state index in [1.54, 1.807) is 30.1 Å². The Balaban J connectivity index is 1.51. The number of rotatable bonds is 5. The predicted molar refractivity (Wildman–Crippen MR) is 105 cm³/mol. The standard InChI is InChI=1S/C22H23N3O3/c1-24(17-9-11-23-14-17)20(26)16-7-8-18-19(13-16)22(28)25(21(18)27)12-10-15-5-3-2-4-6-15/h2-8,13,17,23H,9-12,14H2,1H3. The molecule has 2 heterocycles. The van der Waals surface area contributed by atoms with Crippen molar-refractivity contribution in [1.82, 2.24) is 15.1 Å². The highest BCUT2D eigenvalue weighted by atomic mass is 16.2. The second-order valence-electron chi connectivity index (χ2n) is 7.32. The van der Waals surface area contributed by atoms with Crippen LogP contribution in [0, 0.1) is 0 Å². The molecule has 0 saturated carbocycles. The normalized spacial score (nSPS) is 18.5. The molecule has 0 bridgehead atoms. The third kappa shape index (κ3) is 3.31. The fraction of sp³-hybridized carbons (Fsp3) is 0.318. The molecule has 0 radical (unpaired) electrons. The molecule has 28 heavy (non-hydrogen) atoms. The van der Waals surface area contributed by atoms with E-state index in [2.05, 4.69) is 5.32 Å². The van der Waals surface area contributed by atoms with E-state index in [9.17, 15) is 14.4 Å². The molecule has 1 fully saturated rings. The Morgan fingerprint density at radius 2 is 1.86 bits per heavy atom. The highest BCUT2D eigenvalue weighted by Gasteiger charge is 2.36. The second-order valence-corrected chi connectivity index (χ2v) is 7.32. The number of imide groups is 1. The molecular weight excluding hydrogens is 354 g/mol. The number of benzene rings is 2. The first-order valence-electron chi connectivity index (χ1n) is 9.58. The summed E-state index contributed by atoms with van der Waals surface area (Å²) in [5.41, 5.74) is 2.21. The number of likely N-dealkylation sites (N-methyl/N-ethyl adjacent to an activating group) is 1. The Bertz CT molecular complexity index is 920. The minimum Gasteiger partial charge on any atom is -0.337 e. The Morgan fingerprint density at radius 1 is 1.11 bits per heavy atom. The number of fused-ring (bicyclic) bond motifs is 1. The quantitative estimate of drug-likeness (QED) is 0.809. The van der Waals surface area contributed by atoms with Gasteiger partial charge in [0.2, 0.25) is 0 Å². The Labute approximate surface area is 164 Å². The minimum atomic E-state index is -0.323. The van der Waals surface area contributed by atoms with Crippen LogP contribution in [-0.4, -0.2) is 60.2 Å². The van der Waals surface area contributed by atoms with Crippen LogP contribution in [0.15, 0.2) is 48.5 Å². The van der Waals surface area contributed by atoms with Crippen LogP contribution in [0.3, 0.4) is 0 Å². The van der Waals surface area contributed by atoms with Crippen LogP contribution in [0.5, 0.6) is 0 Å². The smallest absolute Gasteiger partial charge is 0.261 e. The molecular formula is C22H23N3O3. The van der Waals surface area contributed by atoms with Gasteiger partial charge in [-0.1, -0.05) is 30.3 Å². The van der Waals surface area contributed by atoms with Crippen LogP contribution in [-0.2, 0) is 6.42 Å². The van der Waals surface area contributed by atoms with Crippen molar-refractivity contribution in [2.45, 2.75) is 18.9 Å². The first-order valence-corrected chi connectivity index (χ1v) is 9.58. The van der Waals surface area contributed by atoms with Gasteiger partial charge in [0.15, 0.2) is 0 Å². The summed E-state index contributed by atoms with van der Waals surface area (Å²) < 4.78 is 0. The minimum absolute atomic E-state index is 0.125. The molecule has 2 aromatic carbocycles. The molecule has 0 aliphatic carbocycles. The number of carbonyl (C=O) groups is 3. The molecule has 3 amide bonds. The summed E-state index contributed by atoms with van der Waals surface area (Å²) in [6.45, 7) is 2.00. The molecule has 2 aliphatic heterocycles. The lowest BCUT2D eigenvalue weighted by Gasteiger charge is -2.23. The van der Waals surface area contributed by atoms with Gasteiger partial charge in [-0.3, -0.25) is 19.3 Å². The average Bonchev–Trinajstić information content (AvgIpc) is 3.34. The lowest BCUT2D eigenvalue weighted by Crippen LogP contribution is -2.38. The van der Waals surface area contributed by atoms with Gasteiger partial charge in [-0.2, -0.15) is 0 Å². The zero-order chi connectivity index (χ0) is 19.7. The highest BCUT2D eigenvalue weighted by Crippen LogP contribution is 2.25. The predicted octanol–water partition coefficient (Wildman–Crippen LogP) is 1.96. The summed E-state index contributed by atoms with van der Waals surface area (Å²) in [6, 6.07) is 14.7. The first-order chi connectivity index (χ1) is 13.6. The van der Waals surface area contributed by atoms with Crippen molar-refractivity contribution in [3.63, 3.8) is 0 Å². The Kier molecular flexibility index (Phi) is 4.96. The number of amides is 3. The van der Waals surface area contributed by atoms with Gasteiger partial charge in [0.25, 0.3) is 17.7 Å². The van der Waals surface area contributed by atoms with E-state index in [-0.39, 0.29) is 23.8 Å². The molecule has 0 aromatic heterocycles. The summed E-state index contributed by atoms with van der Waals surface area (Å²) >= 11 is 0. The van der Waals surface area contributed by atoms with E-state index >= 15 is 0 Å². The fourth-order valence-electron chi connectivity index (χ4n) is 3.85. The van der Waals surface area contributed by atoms with Crippen LogP contribution in [0.2, 0.25) is 0 Å². The van der Waals surface area contributed by atoms with E-state index in [4.69, 9.17) is 0 Å². The van der Waals surface area contributed by atoms with E-state index in [0.29, 0.717) is 29.7 Å². The van der Waals surface area contributed by atoms with E-state index in [1.807, 2.05) is 30.3 Å². The van der Waals surface area contributed by atoms with Crippen molar-refractivity contribution in [2.75, 3.05) is 26.7 Å². The van der Waals surface area contributed by atoms with Crippen molar-refractivity contribution in [3.8, 4) is 0 Å². The van der Waals surface area contributed by atoms with Gasteiger partial charge in [-0.05, 0) is 43.1 Å². The van der Waals surface area contributed by atoms with Crippen LogP contribution in [0.25, 0.3) is 0 Å². The van der Waals surface area contributed by atoms with Gasteiger partial charge >= 0.3 is 0 Å². The van der Waals surface area contributed by atoms with Crippen molar-refractivity contribution in [1.29, 1.82) is 0 Å². The summed E-state index contributed by atoms with van der Waals surface area (Å²) in [4.78, 5) is 41.2. The van der Waals surface area contributed by atoms with Gasteiger partial charge in [-0.25, -0.2) is 0 Å². The lowest BCUT2D eigenvalue weighted by molar-refractivity contribution is 0.0655. The molecule has 6 heteroatoms. The van der Waals surface area contributed by atoms with Crippen molar-refractivity contribution < 1.29 is 14.4 Å². The largest absolute Gasteiger partial charge is 0.337 e. The Hall–Kier alpha value is -2.99. The monoisotopic (exact) mass is 377 g/mol. The number of nitrogens with one attached hydrogen (secondary N) is 1. The maximum Gasteiger partial charge on any atom is 0.261 e. The van der Waals surface area contributed by atoms with Crippen LogP contribution >= 0.6 is 0 Å². The topological polar surface area (TPSA) is 69.7 Å². The van der Waals surface area contributed by atoms with Gasteiger partial charge < -0.3 is 10.2 Å². The molecule has 144 valence electrons. The van der Waals surface area contributed by atoms with Crippen LogP contribution in [0.4, 0.5) is 0 Å². The first kappa shape index (κ1) is 18.4. The van der Waals surface area contributed by atoms with E-state index < -0.39 is 0 Å². The molecule has 6 nitrogen and oxygen atoms in total. The van der Waals surface area contributed by atoms with Crippen molar-refractivity contribution >= 4 is 17.7 Å². The lowest BCUT2D eigenvalue weighted by atomic mass is 10.0. The van der Waals surface area contributed by atoms with Crippen molar-refractivity contribution in [3.05, 3.63) is 70.8 Å². The number of carbonyl (C=O) groups excluding carboxylic acids is 3. The maximum absolute atomic E-state index is 12.8. The fourth-order valence-corrected chi connectivity index (χ4v) is 3.85. The third-order valence-corrected chi connectivity index (χ3v) is 5.59. The summed E-state index contributed by atoms with van der Waals surface area (Å²) in [7, 11) is 1.78. The van der Waals surface area contributed by atoms with Gasteiger partial charge in [-0.15, -0.1) is 0 Å². The zero-order valence-electron chi connectivity index (χ0n) is 15.9. The van der Waals surface area contributed by atoms with Crippen LogP contribution in [0.1, 0.15) is 43.1 Å². The molecule has 2 aliphatic rings. The number of nitrogens with zero attached hydrogens (tertiary/aromatic N) is 2. The summed E-state index contributed by atoms with van der Waals surface area (Å²) in [5, 5.41) is 3.25. The van der Waals surface area contributed by atoms with Crippen LogP contribution < -0.4 is 5.32 Å². The average molecular weight is 377 g/mol. The number of hydrogen-bond donors (Lipinski definition) is 1. The van der Waals surface area contributed by atoms with Gasteiger partial charge in [0.1, 0.15) is 0 Å². The molecule has 0 spiro atoms. The molecule has 2 aromatic rings. The SMILES string of the molecule is CN(C(=O)c1ccc2c(c1)C(=O)N(CCc1ccccc1)C2=O)C1CCNC1. The summed E-state index contributed by atoms with van der Waals surface area (Å²) in [5.74, 6) is -0.737. The molecule has 1 N–H and O–H groups in total. The molecule has 1 saturated heterocycles. The molecule has 1 atom stereocenters. The highest BCUT2D eigenvalue weighted by molar-refractivity contribution is 6.22. The Morgan fingerprint density at radius 3 is 2.57 bits per heavy atom. The molecule has 1 unspecified atom stereocenters. The van der Waals surface area contributed by atoms with Crippen molar-refractivity contribution in [2.24, 2.45) is 0 Å². The molecule has 4 rings (SSSR count). The van der Waals surface area contributed by atoms with Gasteiger partial charge in [0, 0.05) is 31.7 Å². The third-order valence-electron chi connectivity index (χ3n) is 5.59. The number of hydrogen-bond acceptors (Lipinski definition) is 4. The summed E-state index contributed by atoms with van der Waals surface area (Å²) in [6.07, 6.45) is 1.52. The van der Waals surface area contributed by atoms with E-state index in [0.717, 1.165) is 25.1 Å². The maximum atomic E-state index is 12.8. The zero-order valence-corrected chi connectivity index (χ0v) is 15.9. The van der Waals surface area contributed by atoms with E-state index in [1.165, 1.54) is 4.90 Å². The second kappa shape index (κ2) is 7.56.